The van der Waals surface area contributed by atoms with Crippen molar-refractivity contribution in [2.75, 3.05) is 6.54 Å². The zero-order chi connectivity index (χ0) is 25.4. The van der Waals surface area contributed by atoms with E-state index in [0.717, 1.165) is 39.6 Å². The molecule has 1 aliphatic carbocycles. The molecular weight excluding hydrogens is 468 g/mol. The predicted octanol–water partition coefficient (Wildman–Crippen LogP) is 5.61. The van der Waals surface area contributed by atoms with Crippen LogP contribution in [0.5, 0.6) is 0 Å². The average Bonchev–Trinajstić information content (AvgIpc) is 3.37. The molecule has 2 aliphatic rings. The third kappa shape index (κ3) is 4.60. The maximum atomic E-state index is 13.7. The molecule has 3 heterocycles. The number of nitrogens with one attached hydrogen (secondary N) is 1. The lowest BCUT2D eigenvalue weighted by Gasteiger charge is -2.31. The summed E-state index contributed by atoms with van der Waals surface area (Å²) in [6.07, 6.45) is 13.9. The van der Waals surface area contributed by atoms with Crippen LogP contribution in [-0.2, 0) is 0 Å². The molecule has 0 spiro atoms. The van der Waals surface area contributed by atoms with Crippen LogP contribution in [0.2, 0.25) is 0 Å². The summed E-state index contributed by atoms with van der Waals surface area (Å²) >= 11 is 0. The van der Waals surface area contributed by atoms with E-state index < -0.39 is 0 Å². The van der Waals surface area contributed by atoms with Crippen molar-refractivity contribution in [2.24, 2.45) is 15.9 Å². The Kier molecular flexibility index (Phi) is 5.96. The lowest BCUT2D eigenvalue weighted by atomic mass is 9.90. The summed E-state index contributed by atoms with van der Waals surface area (Å²) in [4.78, 5) is 14.4. The average molecular weight is 494 g/mol. The highest BCUT2D eigenvalue weighted by Gasteiger charge is 2.30. The number of aromatic nitrogens is 2. The number of aryl methyl sites for hydroxylation is 1. The van der Waals surface area contributed by atoms with Crippen LogP contribution in [0.15, 0.2) is 107 Å². The standard InChI is InChI=1S/C30H25F2N5/c1-19-16-28-33-14-15-37(28)18-26(19)30-35-27-5-3-2-4-24(27)29(36-30)34-17-25(20-6-10-22(31)11-7-20)21-8-12-23(32)13-9-21/h2-16,18,24-25,27H,17H2,1H3,(H,34,35,36). The van der Waals surface area contributed by atoms with Gasteiger partial charge in [0.05, 0.1) is 18.5 Å². The van der Waals surface area contributed by atoms with Gasteiger partial charge < -0.3 is 9.72 Å². The molecule has 5 nitrogen and oxygen atoms in total. The van der Waals surface area contributed by atoms with E-state index in [0.29, 0.717) is 6.54 Å². The smallest absolute Gasteiger partial charge is 0.136 e. The molecule has 6 rings (SSSR count). The Morgan fingerprint density at radius 3 is 2.35 bits per heavy atom. The van der Waals surface area contributed by atoms with E-state index in [1.165, 1.54) is 24.3 Å². The van der Waals surface area contributed by atoms with Gasteiger partial charge in [0, 0.05) is 30.1 Å². The van der Waals surface area contributed by atoms with Crippen LogP contribution in [0.4, 0.5) is 8.78 Å². The second-order valence-corrected chi connectivity index (χ2v) is 9.33. The Morgan fingerprint density at radius 1 is 0.973 bits per heavy atom. The number of rotatable bonds is 5. The van der Waals surface area contributed by atoms with Gasteiger partial charge in [-0.15, -0.1) is 0 Å². The number of nitrogens with zero attached hydrogens (tertiary/aromatic N) is 4. The number of benzene rings is 2. The molecule has 37 heavy (non-hydrogen) atoms. The topological polar surface area (TPSA) is 54.0 Å². The second-order valence-electron chi connectivity index (χ2n) is 9.33. The van der Waals surface area contributed by atoms with Crippen molar-refractivity contribution in [1.82, 2.24) is 14.7 Å². The van der Waals surface area contributed by atoms with E-state index >= 15 is 0 Å². The molecule has 0 saturated heterocycles. The Bertz CT molecular complexity index is 1520. The number of amidine groups is 2. The molecule has 2 aromatic heterocycles. The number of pyridine rings is 1. The van der Waals surface area contributed by atoms with Gasteiger partial charge >= 0.3 is 0 Å². The minimum atomic E-state index is -0.296. The minimum Gasteiger partial charge on any atom is -0.328 e. The number of fused-ring (bicyclic) bond motifs is 2. The van der Waals surface area contributed by atoms with Gasteiger partial charge in [-0.25, -0.2) is 13.8 Å². The van der Waals surface area contributed by atoms with E-state index in [9.17, 15) is 8.78 Å². The van der Waals surface area contributed by atoms with Gasteiger partial charge in [0.25, 0.3) is 0 Å². The largest absolute Gasteiger partial charge is 0.328 e. The Morgan fingerprint density at radius 2 is 1.65 bits per heavy atom. The Hall–Kier alpha value is -4.39. The van der Waals surface area contributed by atoms with Crippen LogP contribution in [-0.4, -0.2) is 33.6 Å². The van der Waals surface area contributed by atoms with Gasteiger partial charge in [0.15, 0.2) is 0 Å². The van der Waals surface area contributed by atoms with Crippen molar-refractivity contribution in [3.8, 4) is 0 Å². The monoisotopic (exact) mass is 493 g/mol. The molecule has 7 heteroatoms. The first-order chi connectivity index (χ1) is 18.0. The molecular formula is C30H25F2N5. The summed E-state index contributed by atoms with van der Waals surface area (Å²) in [6.45, 7) is 2.46. The van der Waals surface area contributed by atoms with Gasteiger partial charge in [0.1, 0.15) is 29.0 Å². The van der Waals surface area contributed by atoms with Crippen molar-refractivity contribution in [3.63, 3.8) is 0 Å². The number of allylic oxidation sites excluding steroid dienone is 2. The van der Waals surface area contributed by atoms with E-state index in [1.54, 1.807) is 30.5 Å². The van der Waals surface area contributed by atoms with Crippen LogP contribution < -0.4 is 5.32 Å². The number of hydrogen-bond donors (Lipinski definition) is 1. The summed E-state index contributed by atoms with van der Waals surface area (Å²) in [7, 11) is 0. The van der Waals surface area contributed by atoms with Crippen LogP contribution in [0.3, 0.4) is 0 Å². The van der Waals surface area contributed by atoms with Crippen molar-refractivity contribution >= 4 is 17.3 Å². The lowest BCUT2D eigenvalue weighted by Crippen LogP contribution is -2.46. The molecule has 184 valence electrons. The van der Waals surface area contributed by atoms with Gasteiger partial charge in [0.2, 0.25) is 0 Å². The second kappa shape index (κ2) is 9.58. The zero-order valence-corrected chi connectivity index (χ0v) is 20.2. The number of aliphatic imine (C=N–C) groups is 2. The third-order valence-corrected chi connectivity index (χ3v) is 6.93. The fourth-order valence-electron chi connectivity index (χ4n) is 4.93. The number of halogens is 2. The molecule has 0 bridgehead atoms. The fourth-order valence-corrected chi connectivity index (χ4v) is 4.93. The van der Waals surface area contributed by atoms with Crippen LogP contribution >= 0.6 is 0 Å². The molecule has 2 aromatic carbocycles. The number of imidazole rings is 1. The van der Waals surface area contributed by atoms with Crippen LogP contribution in [0.1, 0.15) is 28.2 Å². The summed E-state index contributed by atoms with van der Waals surface area (Å²) in [5.74, 6) is 0.796. The first-order valence-corrected chi connectivity index (χ1v) is 12.2. The highest BCUT2D eigenvalue weighted by atomic mass is 19.1. The van der Waals surface area contributed by atoms with E-state index in [2.05, 4.69) is 22.5 Å². The van der Waals surface area contributed by atoms with E-state index in [-0.39, 0.29) is 29.5 Å². The van der Waals surface area contributed by atoms with Crippen LogP contribution in [0, 0.1) is 24.5 Å². The van der Waals surface area contributed by atoms with Crippen molar-refractivity contribution < 1.29 is 8.78 Å². The molecule has 1 aliphatic heterocycles. The Balaban J connectivity index is 1.37. The summed E-state index contributed by atoms with van der Waals surface area (Å²) in [5.41, 5.74) is 4.76. The van der Waals surface area contributed by atoms with Crippen molar-refractivity contribution in [1.29, 1.82) is 0 Å². The zero-order valence-electron chi connectivity index (χ0n) is 20.2. The summed E-state index contributed by atoms with van der Waals surface area (Å²) in [5, 5.41) is 3.50. The van der Waals surface area contributed by atoms with Crippen molar-refractivity contribution in [3.05, 3.63) is 131 Å². The van der Waals surface area contributed by atoms with Gasteiger partial charge in [-0.3, -0.25) is 9.98 Å². The molecule has 2 unspecified atom stereocenters. The summed E-state index contributed by atoms with van der Waals surface area (Å²) < 4.78 is 29.3. The minimum absolute atomic E-state index is 0.0203. The van der Waals surface area contributed by atoms with Gasteiger partial charge in [-0.1, -0.05) is 48.6 Å². The molecule has 1 N–H and O–H groups in total. The predicted molar refractivity (Wildman–Crippen MR) is 142 cm³/mol. The SMILES string of the molecule is Cc1cc2nccn2cc1C1=NC2C=CC=CC2C(=NCC(c2ccc(F)cc2)c2ccc(F)cc2)N1. The van der Waals surface area contributed by atoms with E-state index in [4.69, 9.17) is 9.98 Å². The number of hydrogen-bond acceptors (Lipinski definition) is 3. The highest BCUT2D eigenvalue weighted by molar-refractivity contribution is 6.13. The first kappa shape index (κ1) is 23.0. The summed E-state index contributed by atoms with van der Waals surface area (Å²) in [6, 6.07) is 14.8. The van der Waals surface area contributed by atoms with Crippen LogP contribution in [0.25, 0.3) is 5.65 Å². The molecule has 0 saturated carbocycles. The van der Waals surface area contributed by atoms with Gasteiger partial charge in [-0.05, 0) is 53.9 Å². The normalized spacial score (nSPS) is 19.8. The molecule has 0 radical (unpaired) electrons. The van der Waals surface area contributed by atoms with E-state index in [1.807, 2.05) is 41.9 Å². The molecule has 2 atom stereocenters. The third-order valence-electron chi connectivity index (χ3n) is 6.93. The quantitative estimate of drug-likeness (QED) is 0.393. The maximum absolute atomic E-state index is 13.7. The first-order valence-electron chi connectivity index (χ1n) is 12.2. The highest BCUT2D eigenvalue weighted by Crippen LogP contribution is 2.28. The lowest BCUT2D eigenvalue weighted by molar-refractivity contribution is 0.624. The maximum Gasteiger partial charge on any atom is 0.136 e. The molecule has 4 aromatic rings. The molecule has 0 fully saturated rings. The fraction of sp³-hybridized carbons (Fsp3) is 0.167. The van der Waals surface area contributed by atoms with Gasteiger partial charge in [-0.2, -0.15) is 0 Å². The Labute approximate surface area is 213 Å². The van der Waals surface area contributed by atoms with Crippen molar-refractivity contribution in [2.45, 2.75) is 18.9 Å². The molecule has 0 amide bonds.